The van der Waals surface area contributed by atoms with E-state index in [4.69, 9.17) is 4.74 Å². The number of alkyl halides is 3. The minimum atomic E-state index is -5.13. The lowest BCUT2D eigenvalue weighted by Gasteiger charge is -2.15. The van der Waals surface area contributed by atoms with Crippen molar-refractivity contribution in [3.8, 4) is 11.6 Å². The predicted octanol–water partition coefficient (Wildman–Crippen LogP) is 5.49. The summed E-state index contributed by atoms with van der Waals surface area (Å²) in [4.78, 5) is 15.6. The summed E-state index contributed by atoms with van der Waals surface area (Å²) < 4.78 is 63.8. The Balaban J connectivity index is 2.09. The highest BCUT2D eigenvalue weighted by Gasteiger charge is 2.42. The third-order valence-electron chi connectivity index (χ3n) is 4.85. The fourth-order valence-corrected chi connectivity index (χ4v) is 3.30. The Kier molecular flexibility index (Phi) is 6.24. The molecule has 166 valence electrons. The summed E-state index contributed by atoms with van der Waals surface area (Å²) in [5, 5.41) is 0.333. The van der Waals surface area contributed by atoms with Crippen molar-refractivity contribution >= 4 is 16.9 Å². The van der Waals surface area contributed by atoms with Gasteiger partial charge >= 0.3 is 12.1 Å². The zero-order valence-electron chi connectivity index (χ0n) is 17.5. The van der Waals surface area contributed by atoms with Gasteiger partial charge in [0.2, 0.25) is 5.88 Å². The molecule has 0 saturated heterocycles. The molecule has 0 N–H and O–H groups in total. The monoisotopic (exact) mass is 438 g/mol. The van der Waals surface area contributed by atoms with E-state index in [1.807, 2.05) is 25.3 Å². The van der Waals surface area contributed by atoms with E-state index in [0.29, 0.717) is 28.6 Å². The quantitative estimate of drug-likeness (QED) is 0.377. The number of nitrogens with zero attached hydrogens (tertiary/aromatic N) is 2. The fourth-order valence-electron chi connectivity index (χ4n) is 3.30. The number of rotatable bonds is 6. The van der Waals surface area contributed by atoms with E-state index >= 15 is 0 Å². The molecule has 5 nitrogen and oxygen atoms in total. The molecule has 2 heterocycles. The molecule has 2 aromatic heterocycles. The van der Waals surface area contributed by atoms with Crippen molar-refractivity contribution in [2.24, 2.45) is 5.92 Å². The van der Waals surface area contributed by atoms with Gasteiger partial charge in [0.05, 0.1) is 11.6 Å². The van der Waals surface area contributed by atoms with Crippen LogP contribution in [-0.2, 0) is 17.9 Å². The Morgan fingerprint density at radius 1 is 1.16 bits per heavy atom. The second kappa shape index (κ2) is 8.56. The number of benzene rings is 1. The van der Waals surface area contributed by atoms with Gasteiger partial charge < -0.3 is 14.0 Å². The largest absolute Gasteiger partial charge is 0.491 e. The van der Waals surface area contributed by atoms with Gasteiger partial charge in [0, 0.05) is 12.2 Å². The van der Waals surface area contributed by atoms with Gasteiger partial charge in [-0.25, -0.2) is 14.2 Å². The molecule has 0 aliphatic rings. The van der Waals surface area contributed by atoms with E-state index in [2.05, 4.69) is 9.72 Å². The Bertz CT molecular complexity index is 1100. The van der Waals surface area contributed by atoms with E-state index in [9.17, 15) is 22.4 Å². The second-order valence-corrected chi connectivity index (χ2v) is 7.67. The number of ether oxygens (including phenoxy) is 2. The highest BCUT2D eigenvalue weighted by molar-refractivity contribution is 5.95. The van der Waals surface area contributed by atoms with E-state index in [1.165, 1.54) is 12.1 Å². The van der Waals surface area contributed by atoms with Gasteiger partial charge in [-0.3, -0.25) is 0 Å². The zero-order chi connectivity index (χ0) is 22.9. The lowest BCUT2D eigenvalue weighted by atomic mass is 10.2. The minimum Gasteiger partial charge on any atom is -0.471 e. The second-order valence-electron chi connectivity index (χ2n) is 7.67. The number of hydrogen-bond acceptors (Lipinski definition) is 4. The number of halogens is 4. The number of pyridine rings is 1. The van der Waals surface area contributed by atoms with Crippen LogP contribution in [0.25, 0.3) is 10.9 Å². The normalized spacial score (nSPS) is 11.9. The molecular formula is C22H22F4N2O3. The fraction of sp³-hybridized carbons (Fsp3) is 0.364. The molecule has 0 aliphatic carbocycles. The van der Waals surface area contributed by atoms with Crippen molar-refractivity contribution in [3.05, 3.63) is 53.1 Å². The molecule has 0 amide bonds. The summed E-state index contributed by atoms with van der Waals surface area (Å²) in [5.41, 5.74) is 2.60. The average Bonchev–Trinajstić information content (AvgIpc) is 2.93. The third kappa shape index (κ3) is 4.81. The molecule has 31 heavy (non-hydrogen) atoms. The molecule has 0 radical (unpaired) electrons. The number of carbonyl (C=O) groups excluding carboxylic acids is 1. The van der Waals surface area contributed by atoms with Crippen LogP contribution in [0.15, 0.2) is 30.5 Å². The number of carbonyl (C=O) groups is 1. The molecule has 0 atom stereocenters. The molecule has 0 fully saturated rings. The van der Waals surface area contributed by atoms with Gasteiger partial charge in [0.25, 0.3) is 0 Å². The molecule has 0 spiro atoms. The van der Waals surface area contributed by atoms with Crippen molar-refractivity contribution in [1.82, 2.24) is 9.55 Å². The van der Waals surface area contributed by atoms with E-state index in [0.717, 1.165) is 11.9 Å². The molecule has 3 rings (SSSR count). The number of aromatic nitrogens is 2. The number of fused-ring (bicyclic) bond motifs is 1. The summed E-state index contributed by atoms with van der Waals surface area (Å²) in [6, 6.07) is 5.74. The van der Waals surface area contributed by atoms with Crippen molar-refractivity contribution < 1.29 is 31.8 Å². The van der Waals surface area contributed by atoms with E-state index in [-0.39, 0.29) is 30.0 Å². The van der Waals surface area contributed by atoms with Crippen LogP contribution in [0.1, 0.15) is 30.7 Å². The topological polar surface area (TPSA) is 53.4 Å². The van der Waals surface area contributed by atoms with Gasteiger partial charge in [-0.05, 0) is 43.0 Å². The maximum atomic E-state index is 13.1. The maximum Gasteiger partial charge on any atom is 0.491 e. The highest BCUT2D eigenvalue weighted by atomic mass is 19.4. The lowest BCUT2D eigenvalue weighted by Crippen LogP contribution is -2.28. The minimum absolute atomic E-state index is 0.0784. The first-order chi connectivity index (χ1) is 14.5. The molecule has 0 saturated carbocycles. The predicted molar refractivity (Wildman–Crippen MR) is 106 cm³/mol. The highest BCUT2D eigenvalue weighted by Crippen LogP contribution is 2.38. The summed E-state index contributed by atoms with van der Waals surface area (Å²) in [7, 11) is 0. The van der Waals surface area contributed by atoms with Crippen molar-refractivity contribution in [2.45, 2.75) is 47.0 Å². The van der Waals surface area contributed by atoms with E-state index in [1.54, 1.807) is 19.1 Å². The Morgan fingerprint density at radius 2 is 1.81 bits per heavy atom. The van der Waals surface area contributed by atoms with Crippen LogP contribution < -0.4 is 9.47 Å². The average molecular weight is 438 g/mol. The maximum absolute atomic E-state index is 13.1. The van der Waals surface area contributed by atoms with Crippen LogP contribution in [0.3, 0.4) is 0 Å². The number of esters is 1. The lowest BCUT2D eigenvalue weighted by molar-refractivity contribution is -0.189. The molecule has 3 aromatic rings. The number of hydrogen-bond donors (Lipinski definition) is 0. The van der Waals surface area contributed by atoms with Crippen LogP contribution in [0.5, 0.6) is 11.6 Å². The van der Waals surface area contributed by atoms with Crippen LogP contribution in [0.4, 0.5) is 17.6 Å². The first kappa shape index (κ1) is 22.6. The molecule has 0 unspecified atom stereocenters. The molecule has 1 aromatic carbocycles. The first-order valence-corrected chi connectivity index (χ1v) is 9.63. The van der Waals surface area contributed by atoms with Crippen LogP contribution >= 0.6 is 0 Å². The van der Waals surface area contributed by atoms with Crippen LogP contribution in [-0.4, -0.2) is 21.7 Å². The Morgan fingerprint density at radius 3 is 2.39 bits per heavy atom. The van der Waals surface area contributed by atoms with Crippen molar-refractivity contribution in [1.29, 1.82) is 0 Å². The first-order valence-electron chi connectivity index (χ1n) is 9.63. The SMILES string of the molecule is Cc1c(C)n(CC(C)C)c2c(OCc3ccc(F)cc3)ncc(OC(=O)C(F)(F)F)c12. The van der Waals surface area contributed by atoms with Gasteiger partial charge in [-0.15, -0.1) is 0 Å². The van der Waals surface area contributed by atoms with E-state index < -0.39 is 12.1 Å². The van der Waals surface area contributed by atoms with Gasteiger partial charge in [0.1, 0.15) is 17.9 Å². The van der Waals surface area contributed by atoms with Crippen molar-refractivity contribution in [2.75, 3.05) is 0 Å². The number of aryl methyl sites for hydroxylation is 1. The van der Waals surface area contributed by atoms with Crippen LogP contribution in [0, 0.1) is 25.6 Å². The van der Waals surface area contributed by atoms with Crippen LogP contribution in [0.2, 0.25) is 0 Å². The summed E-state index contributed by atoms with van der Waals surface area (Å²) in [6.07, 6.45) is -4.08. The molecule has 9 heteroatoms. The smallest absolute Gasteiger partial charge is 0.471 e. The third-order valence-corrected chi connectivity index (χ3v) is 4.85. The summed E-state index contributed by atoms with van der Waals surface area (Å²) >= 11 is 0. The zero-order valence-corrected chi connectivity index (χ0v) is 17.5. The summed E-state index contributed by atoms with van der Waals surface area (Å²) in [6.45, 7) is 8.21. The molecule has 0 aliphatic heterocycles. The Hall–Kier alpha value is -3.10. The molecule has 0 bridgehead atoms. The van der Waals surface area contributed by atoms with Crippen molar-refractivity contribution in [3.63, 3.8) is 0 Å². The standard InChI is InChI=1S/C22H22F4N2O3/c1-12(2)10-28-14(4)13(3)18-17(31-21(29)22(24,25)26)9-27-20(19(18)28)30-11-15-5-7-16(23)8-6-15/h5-9,12H,10-11H2,1-4H3. The van der Waals surface area contributed by atoms with Gasteiger partial charge in [-0.2, -0.15) is 13.2 Å². The van der Waals surface area contributed by atoms with Gasteiger partial charge in [-0.1, -0.05) is 26.0 Å². The Labute approximate surface area is 176 Å². The summed E-state index contributed by atoms with van der Waals surface area (Å²) in [5.74, 6) is -2.57. The molecular weight excluding hydrogens is 416 g/mol. The van der Waals surface area contributed by atoms with Gasteiger partial charge in [0.15, 0.2) is 5.75 Å².